The predicted molar refractivity (Wildman–Crippen MR) is 122 cm³/mol. The minimum atomic E-state index is -0.541. The van der Waals surface area contributed by atoms with E-state index in [4.69, 9.17) is 16.3 Å². The summed E-state index contributed by atoms with van der Waals surface area (Å²) in [4.78, 5) is 27.7. The lowest BCUT2D eigenvalue weighted by Gasteiger charge is -2.16. The Kier molecular flexibility index (Phi) is 5.97. The number of imide groups is 1. The van der Waals surface area contributed by atoms with Gasteiger partial charge in [-0.2, -0.15) is 0 Å². The number of nitrogens with one attached hydrogen (secondary N) is 1. The van der Waals surface area contributed by atoms with Gasteiger partial charge in [-0.3, -0.25) is 14.5 Å². The van der Waals surface area contributed by atoms with E-state index in [0.29, 0.717) is 22.0 Å². The molecule has 2 amide bonds. The second kappa shape index (κ2) is 8.85. The molecule has 4 rings (SSSR count). The summed E-state index contributed by atoms with van der Waals surface area (Å²) < 4.78 is 19.4. The molecule has 1 aliphatic rings. The molecule has 7 heteroatoms. The fourth-order valence-electron chi connectivity index (χ4n) is 3.47. The summed E-state index contributed by atoms with van der Waals surface area (Å²) >= 11 is 6.23. The second-order valence-corrected chi connectivity index (χ2v) is 7.76. The van der Waals surface area contributed by atoms with Crippen molar-refractivity contribution in [2.45, 2.75) is 13.5 Å². The minimum Gasteiger partial charge on any atom is -0.497 e. The van der Waals surface area contributed by atoms with Crippen LogP contribution in [0.15, 0.2) is 72.4 Å². The zero-order valence-electron chi connectivity index (χ0n) is 17.5. The van der Waals surface area contributed by atoms with Crippen LogP contribution in [0.4, 0.5) is 10.1 Å². The van der Waals surface area contributed by atoms with Crippen molar-refractivity contribution in [2.24, 2.45) is 0 Å². The van der Waals surface area contributed by atoms with Crippen LogP contribution >= 0.6 is 11.6 Å². The Bertz CT molecular complexity index is 1240. The Labute approximate surface area is 190 Å². The van der Waals surface area contributed by atoms with Crippen LogP contribution in [0.2, 0.25) is 5.02 Å². The number of carbonyl (C=O) groups is 2. The van der Waals surface area contributed by atoms with Gasteiger partial charge in [0.2, 0.25) is 0 Å². The molecule has 1 aliphatic heterocycles. The molecule has 0 unspecified atom stereocenters. The normalized spacial score (nSPS) is 13.7. The number of hydrogen-bond acceptors (Lipinski definition) is 4. The van der Waals surface area contributed by atoms with Gasteiger partial charge in [0, 0.05) is 16.3 Å². The average molecular weight is 451 g/mol. The molecule has 3 aromatic rings. The van der Waals surface area contributed by atoms with Crippen LogP contribution in [-0.2, 0) is 16.1 Å². The van der Waals surface area contributed by atoms with E-state index in [2.05, 4.69) is 5.32 Å². The summed E-state index contributed by atoms with van der Waals surface area (Å²) in [6.45, 7) is 1.69. The van der Waals surface area contributed by atoms with Crippen molar-refractivity contribution in [3.63, 3.8) is 0 Å². The van der Waals surface area contributed by atoms with Crippen molar-refractivity contribution >= 4 is 34.7 Å². The largest absolute Gasteiger partial charge is 0.497 e. The molecule has 0 atom stereocenters. The number of carbonyl (C=O) groups excluding carboxylic acids is 2. The number of methoxy groups -OCH3 is 1. The molecule has 1 N–H and O–H groups in total. The topological polar surface area (TPSA) is 58.6 Å². The number of benzene rings is 3. The maximum absolute atomic E-state index is 14.2. The lowest BCUT2D eigenvalue weighted by atomic mass is 10.0. The molecule has 3 aromatic carbocycles. The van der Waals surface area contributed by atoms with Crippen LogP contribution in [0.25, 0.3) is 5.57 Å². The maximum atomic E-state index is 14.2. The van der Waals surface area contributed by atoms with E-state index in [-0.39, 0.29) is 23.4 Å². The van der Waals surface area contributed by atoms with Crippen LogP contribution in [0.3, 0.4) is 0 Å². The Hall–Kier alpha value is -3.64. The molecule has 0 spiro atoms. The highest BCUT2D eigenvalue weighted by Crippen LogP contribution is 2.33. The number of halogens is 2. The van der Waals surface area contributed by atoms with E-state index in [1.54, 1.807) is 61.7 Å². The summed E-state index contributed by atoms with van der Waals surface area (Å²) in [5.41, 5.74) is 2.55. The number of hydrogen-bond donors (Lipinski definition) is 1. The minimum absolute atomic E-state index is 0.108. The Morgan fingerprint density at radius 3 is 2.38 bits per heavy atom. The number of rotatable bonds is 6. The van der Waals surface area contributed by atoms with Crippen LogP contribution in [0, 0.1) is 12.7 Å². The first-order valence-corrected chi connectivity index (χ1v) is 10.3. The van der Waals surface area contributed by atoms with Gasteiger partial charge < -0.3 is 10.1 Å². The molecule has 32 heavy (non-hydrogen) atoms. The molecular formula is C25H20ClFN2O3. The lowest BCUT2D eigenvalue weighted by molar-refractivity contribution is -0.137. The zero-order chi connectivity index (χ0) is 22.8. The first-order valence-electron chi connectivity index (χ1n) is 9.90. The maximum Gasteiger partial charge on any atom is 0.278 e. The Balaban J connectivity index is 1.76. The number of anilines is 1. The predicted octanol–water partition coefficient (Wildman–Crippen LogP) is 5.19. The van der Waals surface area contributed by atoms with Crippen molar-refractivity contribution in [3.8, 4) is 5.75 Å². The highest BCUT2D eigenvalue weighted by atomic mass is 35.5. The quantitative estimate of drug-likeness (QED) is 0.525. The van der Waals surface area contributed by atoms with E-state index < -0.39 is 17.6 Å². The Morgan fingerprint density at radius 1 is 1.00 bits per heavy atom. The fourth-order valence-corrected chi connectivity index (χ4v) is 3.65. The van der Waals surface area contributed by atoms with Gasteiger partial charge in [0.15, 0.2) is 0 Å². The van der Waals surface area contributed by atoms with Crippen LogP contribution < -0.4 is 10.1 Å². The van der Waals surface area contributed by atoms with Crippen molar-refractivity contribution < 1.29 is 18.7 Å². The molecule has 0 fully saturated rings. The zero-order valence-corrected chi connectivity index (χ0v) is 18.2. The molecule has 0 saturated carbocycles. The van der Waals surface area contributed by atoms with Gasteiger partial charge >= 0.3 is 0 Å². The van der Waals surface area contributed by atoms with E-state index in [1.807, 2.05) is 13.0 Å². The summed E-state index contributed by atoms with van der Waals surface area (Å²) in [6, 6.07) is 18.2. The molecule has 0 radical (unpaired) electrons. The highest BCUT2D eigenvalue weighted by Gasteiger charge is 2.39. The molecule has 0 aromatic heterocycles. The third-order valence-corrected chi connectivity index (χ3v) is 5.68. The average Bonchev–Trinajstić information content (AvgIpc) is 3.02. The van der Waals surface area contributed by atoms with E-state index >= 15 is 0 Å². The summed E-state index contributed by atoms with van der Waals surface area (Å²) in [6.07, 6.45) is 0. The molecular weight excluding hydrogens is 431 g/mol. The van der Waals surface area contributed by atoms with Gasteiger partial charge in [-0.05, 0) is 48.4 Å². The third kappa shape index (κ3) is 4.09. The SMILES string of the molecule is COc1ccc(C2=C(Nc3ccc(C)c(Cl)c3)C(=O)N(Cc3ccccc3F)C2=O)cc1. The monoisotopic (exact) mass is 450 g/mol. The number of nitrogens with zero attached hydrogens (tertiary/aromatic N) is 1. The van der Waals surface area contributed by atoms with Gasteiger partial charge in [0.25, 0.3) is 11.8 Å². The number of amides is 2. The van der Waals surface area contributed by atoms with E-state index in [1.165, 1.54) is 6.07 Å². The fraction of sp³-hybridized carbons (Fsp3) is 0.120. The van der Waals surface area contributed by atoms with Crippen molar-refractivity contribution in [2.75, 3.05) is 12.4 Å². The first kappa shape index (κ1) is 21.6. The summed E-state index contributed by atoms with van der Waals surface area (Å²) in [5, 5.41) is 3.58. The van der Waals surface area contributed by atoms with Gasteiger partial charge in [0.1, 0.15) is 17.3 Å². The molecule has 1 heterocycles. The lowest BCUT2D eigenvalue weighted by Crippen LogP contribution is -2.32. The van der Waals surface area contributed by atoms with Crippen molar-refractivity contribution in [3.05, 3.63) is 100.0 Å². The second-order valence-electron chi connectivity index (χ2n) is 7.36. The van der Waals surface area contributed by atoms with E-state index in [0.717, 1.165) is 10.5 Å². The third-order valence-electron chi connectivity index (χ3n) is 5.27. The molecule has 0 bridgehead atoms. The molecule has 0 aliphatic carbocycles. The van der Waals surface area contributed by atoms with Crippen molar-refractivity contribution in [1.82, 2.24) is 4.90 Å². The molecule has 0 saturated heterocycles. The Morgan fingerprint density at radius 2 is 1.72 bits per heavy atom. The first-order chi connectivity index (χ1) is 15.4. The van der Waals surface area contributed by atoms with Gasteiger partial charge in [-0.1, -0.05) is 48.0 Å². The highest BCUT2D eigenvalue weighted by molar-refractivity contribution is 6.36. The van der Waals surface area contributed by atoms with Crippen LogP contribution in [0.5, 0.6) is 5.75 Å². The summed E-state index contributed by atoms with van der Waals surface area (Å²) in [7, 11) is 1.54. The van der Waals surface area contributed by atoms with Crippen LogP contribution in [-0.4, -0.2) is 23.8 Å². The van der Waals surface area contributed by atoms with Gasteiger partial charge in [-0.25, -0.2) is 4.39 Å². The van der Waals surface area contributed by atoms with Gasteiger partial charge in [-0.15, -0.1) is 0 Å². The van der Waals surface area contributed by atoms with Crippen LogP contribution in [0.1, 0.15) is 16.7 Å². The smallest absolute Gasteiger partial charge is 0.278 e. The standard InChI is InChI=1S/C25H20ClFN2O3/c1-15-7-10-18(13-20(15)26)28-23-22(16-8-11-19(32-2)12-9-16)24(30)29(25(23)31)14-17-5-3-4-6-21(17)27/h3-13,28H,14H2,1-2H3. The van der Waals surface area contributed by atoms with E-state index in [9.17, 15) is 14.0 Å². The molecule has 5 nitrogen and oxygen atoms in total. The van der Waals surface area contributed by atoms with Crippen molar-refractivity contribution in [1.29, 1.82) is 0 Å². The number of aryl methyl sites for hydroxylation is 1. The number of ether oxygens (including phenoxy) is 1. The molecule has 162 valence electrons. The van der Waals surface area contributed by atoms with Gasteiger partial charge in [0.05, 0.1) is 19.2 Å². The summed E-state index contributed by atoms with van der Waals surface area (Å²) in [5.74, 6) is -0.912.